The van der Waals surface area contributed by atoms with Crippen LogP contribution < -0.4 is 16.8 Å². The van der Waals surface area contributed by atoms with Crippen molar-refractivity contribution in [1.82, 2.24) is 0 Å². The number of allylic oxidation sites excluding steroid dienone is 3. The summed E-state index contributed by atoms with van der Waals surface area (Å²) in [5, 5.41) is 3.19. The molecule has 22 heavy (non-hydrogen) atoms. The smallest absolute Gasteiger partial charge is 0.0473 e. The monoisotopic (exact) mass is 297 g/mol. The number of benzene rings is 1. The molecule has 3 nitrogen and oxygen atoms in total. The van der Waals surface area contributed by atoms with Gasteiger partial charge in [0.05, 0.1) is 0 Å². The zero-order chi connectivity index (χ0) is 16.8. The van der Waals surface area contributed by atoms with Crippen molar-refractivity contribution in [3.05, 3.63) is 79.2 Å². The Kier molecular flexibility index (Phi) is 6.20. The molecule has 0 aliphatic heterocycles. The van der Waals surface area contributed by atoms with Gasteiger partial charge in [-0.15, -0.1) is 6.58 Å². The number of rotatable bonds is 8. The lowest BCUT2D eigenvalue weighted by molar-refractivity contribution is 0.432. The van der Waals surface area contributed by atoms with Crippen LogP contribution in [0.15, 0.2) is 73.6 Å². The van der Waals surface area contributed by atoms with Crippen molar-refractivity contribution in [1.29, 1.82) is 0 Å². The van der Waals surface area contributed by atoms with Crippen LogP contribution in [-0.4, -0.2) is 6.04 Å². The molecular formula is C19H27N3. The van der Waals surface area contributed by atoms with E-state index in [9.17, 15) is 0 Å². The summed E-state index contributed by atoms with van der Waals surface area (Å²) < 4.78 is 0. The van der Waals surface area contributed by atoms with Gasteiger partial charge in [0.25, 0.3) is 0 Å². The summed E-state index contributed by atoms with van der Waals surface area (Å²) in [4.78, 5) is 0. The maximum absolute atomic E-state index is 6.39. The molecule has 1 aromatic carbocycles. The molecule has 3 heteroatoms. The van der Waals surface area contributed by atoms with Crippen LogP contribution in [0, 0.1) is 0 Å². The van der Waals surface area contributed by atoms with Gasteiger partial charge in [0.2, 0.25) is 0 Å². The summed E-state index contributed by atoms with van der Waals surface area (Å²) in [6.07, 6.45) is 5.99. The first-order chi connectivity index (χ1) is 10.4. The van der Waals surface area contributed by atoms with E-state index in [4.69, 9.17) is 11.5 Å². The second-order valence-electron chi connectivity index (χ2n) is 5.67. The molecule has 0 radical (unpaired) electrons. The zero-order valence-corrected chi connectivity index (χ0v) is 13.6. The molecule has 0 spiro atoms. The number of hydrogen-bond acceptors (Lipinski definition) is 3. The van der Waals surface area contributed by atoms with E-state index in [-0.39, 0.29) is 6.04 Å². The molecule has 1 rings (SSSR count). The fourth-order valence-electron chi connectivity index (χ4n) is 2.46. The minimum Gasteiger partial charge on any atom is -0.401 e. The van der Waals surface area contributed by atoms with Crippen LogP contribution in [0.2, 0.25) is 0 Å². The quantitative estimate of drug-likeness (QED) is 0.505. The maximum Gasteiger partial charge on any atom is 0.0473 e. The topological polar surface area (TPSA) is 64.1 Å². The summed E-state index contributed by atoms with van der Waals surface area (Å²) in [7, 11) is 0. The third-order valence-electron chi connectivity index (χ3n) is 3.90. The summed E-state index contributed by atoms with van der Waals surface area (Å²) in [5.74, 6) is 0. The van der Waals surface area contributed by atoms with Gasteiger partial charge >= 0.3 is 0 Å². The average molecular weight is 297 g/mol. The van der Waals surface area contributed by atoms with Gasteiger partial charge < -0.3 is 16.8 Å². The van der Waals surface area contributed by atoms with E-state index >= 15 is 0 Å². The molecule has 0 saturated carbocycles. The van der Waals surface area contributed by atoms with E-state index < -0.39 is 5.41 Å². The molecule has 118 valence electrons. The SMILES string of the molecule is C=C/C=C(\N)C(C)(c1ccc(NC(=C)C)cc1)C(N)CC=C. The van der Waals surface area contributed by atoms with Gasteiger partial charge in [-0.05, 0) is 44.0 Å². The lowest BCUT2D eigenvalue weighted by Gasteiger charge is -2.36. The van der Waals surface area contributed by atoms with Gasteiger partial charge in [-0.3, -0.25) is 0 Å². The molecule has 0 aliphatic carbocycles. The van der Waals surface area contributed by atoms with Crippen LogP contribution in [0.4, 0.5) is 5.69 Å². The van der Waals surface area contributed by atoms with Crippen molar-refractivity contribution in [3.63, 3.8) is 0 Å². The Balaban J connectivity index is 3.26. The van der Waals surface area contributed by atoms with E-state index in [1.807, 2.05) is 43.3 Å². The van der Waals surface area contributed by atoms with Crippen LogP contribution in [-0.2, 0) is 5.41 Å². The van der Waals surface area contributed by atoms with Crippen LogP contribution in [0.3, 0.4) is 0 Å². The first-order valence-electron chi connectivity index (χ1n) is 7.34. The lowest BCUT2D eigenvalue weighted by atomic mass is 9.72. The summed E-state index contributed by atoms with van der Waals surface area (Å²) in [5.41, 5.74) is 15.8. The van der Waals surface area contributed by atoms with E-state index in [2.05, 4.69) is 32.0 Å². The molecule has 0 heterocycles. The average Bonchev–Trinajstić information content (AvgIpc) is 2.47. The molecule has 1 aromatic rings. The van der Waals surface area contributed by atoms with E-state index in [1.165, 1.54) is 0 Å². The van der Waals surface area contributed by atoms with E-state index in [0.29, 0.717) is 12.1 Å². The van der Waals surface area contributed by atoms with Crippen LogP contribution in [0.1, 0.15) is 25.8 Å². The Bertz CT molecular complexity index is 569. The number of anilines is 1. The van der Waals surface area contributed by atoms with Gasteiger partial charge in [0.1, 0.15) is 0 Å². The van der Waals surface area contributed by atoms with Gasteiger partial charge in [0.15, 0.2) is 0 Å². The van der Waals surface area contributed by atoms with Crippen molar-refractivity contribution in [3.8, 4) is 0 Å². The second-order valence-corrected chi connectivity index (χ2v) is 5.67. The molecule has 5 N–H and O–H groups in total. The minimum absolute atomic E-state index is 0.166. The third-order valence-corrected chi connectivity index (χ3v) is 3.90. The number of hydrogen-bond donors (Lipinski definition) is 3. The zero-order valence-electron chi connectivity index (χ0n) is 13.6. The number of nitrogens with two attached hydrogens (primary N) is 2. The van der Waals surface area contributed by atoms with Gasteiger partial charge in [-0.2, -0.15) is 0 Å². The van der Waals surface area contributed by atoms with Crippen LogP contribution in [0.25, 0.3) is 0 Å². The predicted octanol–water partition coefficient (Wildman–Crippen LogP) is 3.82. The summed E-state index contributed by atoms with van der Waals surface area (Å²) in [6, 6.07) is 7.92. The van der Waals surface area contributed by atoms with Crippen molar-refractivity contribution in [2.75, 3.05) is 5.32 Å². The first-order valence-corrected chi connectivity index (χ1v) is 7.34. The molecule has 0 aliphatic rings. The lowest BCUT2D eigenvalue weighted by Crippen LogP contribution is -2.46. The van der Waals surface area contributed by atoms with Crippen molar-refractivity contribution < 1.29 is 0 Å². The summed E-state index contributed by atoms with van der Waals surface area (Å²) >= 11 is 0. The fourth-order valence-corrected chi connectivity index (χ4v) is 2.46. The second kappa shape index (κ2) is 7.66. The van der Waals surface area contributed by atoms with Crippen LogP contribution in [0.5, 0.6) is 0 Å². The number of nitrogens with one attached hydrogen (secondary N) is 1. The molecule has 0 fully saturated rings. The standard InChI is InChI=1S/C19H27N3/c1-6-8-17(20)19(5,18(21)9-7-2)15-10-12-16(13-11-15)22-14(3)4/h6-8,10-13,18,22H,1-3,9,20-21H2,4-5H3/b17-8-. The van der Waals surface area contributed by atoms with Crippen LogP contribution >= 0.6 is 0 Å². The van der Waals surface area contributed by atoms with Crippen molar-refractivity contribution in [2.45, 2.75) is 31.7 Å². The minimum atomic E-state index is -0.482. The third kappa shape index (κ3) is 3.89. The van der Waals surface area contributed by atoms with Crippen molar-refractivity contribution >= 4 is 5.69 Å². The predicted molar refractivity (Wildman–Crippen MR) is 97.5 cm³/mol. The Morgan fingerprint density at radius 2 is 1.91 bits per heavy atom. The molecular weight excluding hydrogens is 270 g/mol. The van der Waals surface area contributed by atoms with Crippen molar-refractivity contribution in [2.24, 2.45) is 11.5 Å². The molecule has 0 bridgehead atoms. The van der Waals surface area contributed by atoms with E-state index in [1.54, 1.807) is 6.08 Å². The van der Waals surface area contributed by atoms with Gasteiger partial charge in [-0.1, -0.05) is 37.4 Å². The molecule has 2 atom stereocenters. The molecule has 0 amide bonds. The highest BCUT2D eigenvalue weighted by atomic mass is 14.9. The Morgan fingerprint density at radius 3 is 2.36 bits per heavy atom. The Hall–Kier alpha value is -2.26. The Morgan fingerprint density at radius 1 is 1.32 bits per heavy atom. The maximum atomic E-state index is 6.39. The van der Waals surface area contributed by atoms with Gasteiger partial charge in [0, 0.05) is 28.5 Å². The fraction of sp³-hybridized carbons (Fsp3) is 0.263. The van der Waals surface area contributed by atoms with E-state index in [0.717, 1.165) is 16.9 Å². The molecule has 2 unspecified atom stereocenters. The highest BCUT2D eigenvalue weighted by Gasteiger charge is 2.35. The normalized spacial score (nSPS) is 15.5. The highest BCUT2D eigenvalue weighted by molar-refractivity contribution is 5.51. The van der Waals surface area contributed by atoms with Gasteiger partial charge in [-0.25, -0.2) is 0 Å². The Labute approximate surface area is 134 Å². The highest BCUT2D eigenvalue weighted by Crippen LogP contribution is 2.34. The molecule has 0 aromatic heterocycles. The largest absolute Gasteiger partial charge is 0.401 e. The first kappa shape index (κ1) is 17.8. The summed E-state index contributed by atoms with van der Waals surface area (Å²) in [6.45, 7) is 15.3. The molecule has 0 saturated heterocycles.